The fraction of sp³-hybridized carbons (Fsp3) is 0.462. The van der Waals surface area contributed by atoms with E-state index in [-0.39, 0.29) is 18.2 Å². The number of anilines is 1. The molecule has 0 aromatic heterocycles. The Hall–Kier alpha value is -3.27. The van der Waals surface area contributed by atoms with E-state index in [4.69, 9.17) is 9.47 Å². The summed E-state index contributed by atoms with van der Waals surface area (Å²) >= 11 is 0. The zero-order chi connectivity index (χ0) is 26.1. The molecule has 0 spiro atoms. The van der Waals surface area contributed by atoms with Crippen molar-refractivity contribution in [1.29, 1.82) is 0 Å². The van der Waals surface area contributed by atoms with Gasteiger partial charge in [-0.05, 0) is 44.4 Å². The summed E-state index contributed by atoms with van der Waals surface area (Å²) in [6.45, 7) is 6.23. The van der Waals surface area contributed by atoms with Gasteiger partial charge < -0.3 is 19.7 Å². The van der Waals surface area contributed by atoms with Gasteiger partial charge in [0.05, 0.1) is 11.4 Å². The smallest absolute Gasteiger partial charge is 0.244 e. The third-order valence-corrected chi connectivity index (χ3v) is 7.76. The van der Waals surface area contributed by atoms with Crippen molar-refractivity contribution in [3.63, 3.8) is 0 Å². The molecule has 0 aliphatic carbocycles. The minimum absolute atomic E-state index is 0.188. The quantitative estimate of drug-likeness (QED) is 0.464. The zero-order valence-electron chi connectivity index (χ0n) is 21.1. The number of benzene rings is 2. The van der Waals surface area contributed by atoms with Gasteiger partial charge in [-0.15, -0.1) is 0 Å². The molecule has 0 bridgehead atoms. The summed E-state index contributed by atoms with van der Waals surface area (Å²) in [5, 5.41) is 2.80. The molecule has 196 valence electrons. The van der Waals surface area contributed by atoms with Crippen LogP contribution in [0.5, 0.6) is 11.5 Å². The van der Waals surface area contributed by atoms with Crippen molar-refractivity contribution in [1.82, 2.24) is 10.2 Å². The third-order valence-electron chi connectivity index (χ3n) is 6.01. The molecule has 9 nitrogen and oxygen atoms in total. The largest absolute Gasteiger partial charge is 0.486 e. The lowest BCUT2D eigenvalue weighted by molar-refractivity contribution is -0.139. The third kappa shape index (κ3) is 6.69. The van der Waals surface area contributed by atoms with E-state index in [1.165, 1.54) is 11.8 Å². The van der Waals surface area contributed by atoms with Gasteiger partial charge in [0.2, 0.25) is 21.8 Å². The summed E-state index contributed by atoms with van der Waals surface area (Å²) in [5.41, 5.74) is 1.33. The lowest BCUT2D eigenvalue weighted by Gasteiger charge is -2.33. The molecule has 0 radical (unpaired) electrons. The Bertz CT molecular complexity index is 1140. The van der Waals surface area contributed by atoms with Crippen LogP contribution in [0.2, 0.25) is 0 Å². The summed E-state index contributed by atoms with van der Waals surface area (Å²) < 4.78 is 38.4. The van der Waals surface area contributed by atoms with Gasteiger partial charge in [0, 0.05) is 19.2 Å². The maximum Gasteiger partial charge on any atom is 0.244 e. The van der Waals surface area contributed by atoms with Crippen molar-refractivity contribution in [2.45, 2.75) is 39.7 Å². The van der Waals surface area contributed by atoms with Crippen molar-refractivity contribution >= 4 is 27.5 Å². The number of hydrogen-bond acceptors (Lipinski definition) is 6. The van der Waals surface area contributed by atoms with E-state index in [9.17, 15) is 18.0 Å². The Balaban J connectivity index is 1.92. The van der Waals surface area contributed by atoms with Gasteiger partial charge in [-0.2, -0.15) is 0 Å². The summed E-state index contributed by atoms with van der Waals surface area (Å²) in [4.78, 5) is 28.0. The Kier molecular flexibility index (Phi) is 9.58. The van der Waals surface area contributed by atoms with Gasteiger partial charge in [0.1, 0.15) is 25.8 Å². The van der Waals surface area contributed by atoms with Gasteiger partial charge in [-0.3, -0.25) is 13.9 Å². The maximum absolute atomic E-state index is 13.7. The fourth-order valence-corrected chi connectivity index (χ4v) is 5.15. The molecule has 0 fully saturated rings. The second-order valence-corrected chi connectivity index (χ2v) is 10.6. The van der Waals surface area contributed by atoms with Crippen LogP contribution in [0, 0.1) is 0 Å². The van der Waals surface area contributed by atoms with Crippen LogP contribution in [-0.2, 0) is 26.0 Å². The van der Waals surface area contributed by atoms with Gasteiger partial charge >= 0.3 is 0 Å². The SMILES string of the molecule is CCNC(=O)C(CC)N(CCc1ccccc1)C(=O)CN(c1ccc2c(c1)OCCO2)S(=O)(=O)CC. The summed E-state index contributed by atoms with van der Waals surface area (Å²) in [7, 11) is -3.81. The van der Waals surface area contributed by atoms with Crippen LogP contribution in [0.1, 0.15) is 32.8 Å². The van der Waals surface area contributed by atoms with Crippen LogP contribution >= 0.6 is 0 Å². The van der Waals surface area contributed by atoms with Gasteiger partial charge in [-0.25, -0.2) is 8.42 Å². The van der Waals surface area contributed by atoms with Gasteiger partial charge in [-0.1, -0.05) is 37.3 Å². The summed E-state index contributed by atoms with van der Waals surface area (Å²) in [6, 6.07) is 13.8. The first-order valence-electron chi connectivity index (χ1n) is 12.3. The molecule has 1 unspecified atom stereocenters. The number of hydrogen-bond donors (Lipinski definition) is 1. The highest BCUT2D eigenvalue weighted by molar-refractivity contribution is 7.92. The van der Waals surface area contributed by atoms with Crippen molar-refractivity contribution < 1.29 is 27.5 Å². The Labute approximate surface area is 213 Å². The first-order chi connectivity index (χ1) is 17.3. The van der Waals surface area contributed by atoms with Crippen molar-refractivity contribution in [3.05, 3.63) is 54.1 Å². The molecule has 0 saturated carbocycles. The lowest BCUT2D eigenvalue weighted by Crippen LogP contribution is -2.53. The number of carbonyl (C=O) groups is 2. The molecule has 2 amide bonds. The number of sulfonamides is 1. The second-order valence-electron chi connectivity index (χ2n) is 8.38. The number of fused-ring (bicyclic) bond motifs is 1. The highest BCUT2D eigenvalue weighted by atomic mass is 32.2. The monoisotopic (exact) mass is 517 g/mol. The Morgan fingerprint density at radius 2 is 1.69 bits per heavy atom. The maximum atomic E-state index is 13.7. The number of nitrogens with one attached hydrogen (secondary N) is 1. The highest BCUT2D eigenvalue weighted by Crippen LogP contribution is 2.35. The normalized spacial score (nSPS) is 13.5. The minimum Gasteiger partial charge on any atom is -0.486 e. The van der Waals surface area contributed by atoms with Crippen LogP contribution in [0.4, 0.5) is 5.69 Å². The first kappa shape index (κ1) is 27.3. The number of amides is 2. The molecule has 36 heavy (non-hydrogen) atoms. The second kappa shape index (κ2) is 12.6. The number of nitrogens with zero attached hydrogens (tertiary/aromatic N) is 2. The molecule has 3 rings (SSSR count). The van der Waals surface area contributed by atoms with Crippen LogP contribution in [-0.4, -0.2) is 69.8 Å². The minimum atomic E-state index is -3.81. The van der Waals surface area contributed by atoms with Crippen LogP contribution < -0.4 is 19.1 Å². The van der Waals surface area contributed by atoms with Crippen molar-refractivity contribution in [2.24, 2.45) is 0 Å². The molecular formula is C26H35N3O6S. The Morgan fingerprint density at radius 3 is 2.33 bits per heavy atom. The predicted octanol–water partition coefficient (Wildman–Crippen LogP) is 2.60. The van der Waals surface area contributed by atoms with Crippen LogP contribution in [0.3, 0.4) is 0 Å². The van der Waals surface area contributed by atoms with Gasteiger partial charge in [0.25, 0.3) is 0 Å². The standard InChI is InChI=1S/C26H35N3O6S/c1-4-22(26(31)27-5-2)28(15-14-20-10-8-7-9-11-20)25(30)19-29(36(32,33)6-3)21-12-13-23-24(18-21)35-17-16-34-23/h7-13,18,22H,4-6,14-17,19H2,1-3H3,(H,27,31). The van der Waals surface area contributed by atoms with E-state index >= 15 is 0 Å². The van der Waals surface area contributed by atoms with E-state index in [2.05, 4.69) is 5.32 Å². The number of ether oxygens (including phenoxy) is 2. The molecule has 1 heterocycles. The molecular weight excluding hydrogens is 482 g/mol. The first-order valence-corrected chi connectivity index (χ1v) is 13.9. The average molecular weight is 518 g/mol. The number of rotatable bonds is 12. The van der Waals surface area contributed by atoms with E-state index in [0.717, 1.165) is 9.87 Å². The van der Waals surface area contributed by atoms with Crippen molar-refractivity contribution in [2.75, 3.05) is 42.9 Å². The molecule has 1 aliphatic heterocycles. The topological polar surface area (TPSA) is 105 Å². The number of likely N-dealkylation sites (N-methyl/N-ethyl adjacent to an activating group) is 1. The summed E-state index contributed by atoms with van der Waals surface area (Å²) in [6.07, 6.45) is 0.934. The van der Waals surface area contributed by atoms with Crippen LogP contribution in [0.15, 0.2) is 48.5 Å². The molecule has 1 atom stereocenters. The van der Waals surface area contributed by atoms with Crippen molar-refractivity contribution in [3.8, 4) is 11.5 Å². The lowest BCUT2D eigenvalue weighted by atomic mass is 10.1. The van der Waals surface area contributed by atoms with E-state index in [0.29, 0.717) is 49.8 Å². The number of carbonyl (C=O) groups excluding carboxylic acids is 2. The van der Waals surface area contributed by atoms with E-state index in [1.54, 1.807) is 18.2 Å². The molecule has 1 N–H and O–H groups in total. The van der Waals surface area contributed by atoms with Gasteiger partial charge in [0.15, 0.2) is 11.5 Å². The highest BCUT2D eigenvalue weighted by Gasteiger charge is 2.32. The molecule has 2 aromatic carbocycles. The molecule has 1 aliphatic rings. The molecule has 0 saturated heterocycles. The fourth-order valence-electron chi connectivity index (χ4n) is 4.09. The predicted molar refractivity (Wildman–Crippen MR) is 139 cm³/mol. The van der Waals surface area contributed by atoms with E-state index in [1.807, 2.05) is 44.2 Å². The molecule has 2 aromatic rings. The van der Waals surface area contributed by atoms with Crippen LogP contribution in [0.25, 0.3) is 0 Å². The Morgan fingerprint density at radius 1 is 1.00 bits per heavy atom. The van der Waals surface area contributed by atoms with E-state index < -0.39 is 28.5 Å². The average Bonchev–Trinajstić information content (AvgIpc) is 2.89. The zero-order valence-corrected chi connectivity index (χ0v) is 21.9. The molecule has 10 heteroatoms. The summed E-state index contributed by atoms with van der Waals surface area (Å²) in [5.74, 6) is 0.0578.